The standard InChI is InChI=1S/C27H42O5/c1-15(25(31)32)5-8-22(29)16(2)24-23(30)14-21-19-7-6-17-13-18(28)9-11-26(17,3)20(19)10-12-27(21,24)4/h15-21,24,28H,5-14H2,1-4H3,(H,31,32)/t15?,16-,17?,18?,19-,20+,21+,24+,26+,27+/m1/s1. The van der Waals surface area contributed by atoms with Gasteiger partial charge in [0, 0.05) is 24.7 Å². The van der Waals surface area contributed by atoms with Crippen LogP contribution in [0.2, 0.25) is 0 Å². The molecule has 180 valence electrons. The molecule has 32 heavy (non-hydrogen) atoms. The second kappa shape index (κ2) is 8.52. The molecule has 4 aliphatic carbocycles. The van der Waals surface area contributed by atoms with Crippen LogP contribution in [0.4, 0.5) is 0 Å². The number of ketones is 2. The van der Waals surface area contributed by atoms with Crippen molar-refractivity contribution >= 4 is 17.5 Å². The molecule has 4 saturated carbocycles. The second-order valence-corrected chi connectivity index (χ2v) is 12.3. The molecule has 0 saturated heterocycles. The summed E-state index contributed by atoms with van der Waals surface area (Å²) in [4.78, 5) is 37.5. The smallest absolute Gasteiger partial charge is 0.306 e. The van der Waals surface area contributed by atoms with E-state index in [1.54, 1.807) is 6.92 Å². The molecule has 5 nitrogen and oxygen atoms in total. The van der Waals surface area contributed by atoms with Gasteiger partial charge in [-0.3, -0.25) is 14.4 Å². The summed E-state index contributed by atoms with van der Waals surface area (Å²) >= 11 is 0. The van der Waals surface area contributed by atoms with Gasteiger partial charge in [0.25, 0.3) is 0 Å². The van der Waals surface area contributed by atoms with Crippen molar-refractivity contribution in [1.82, 2.24) is 0 Å². The van der Waals surface area contributed by atoms with Gasteiger partial charge in [-0.2, -0.15) is 0 Å². The van der Waals surface area contributed by atoms with Crippen molar-refractivity contribution in [3.63, 3.8) is 0 Å². The van der Waals surface area contributed by atoms with Crippen LogP contribution in [0.3, 0.4) is 0 Å². The summed E-state index contributed by atoms with van der Waals surface area (Å²) < 4.78 is 0. The third-order valence-electron chi connectivity index (χ3n) is 10.8. The van der Waals surface area contributed by atoms with Gasteiger partial charge in [0.15, 0.2) is 0 Å². The molecule has 4 rings (SSSR count). The van der Waals surface area contributed by atoms with E-state index in [0.717, 1.165) is 44.9 Å². The molecular formula is C27H42O5. The Kier molecular flexibility index (Phi) is 6.37. The number of aliphatic hydroxyl groups excluding tert-OH is 1. The van der Waals surface area contributed by atoms with Gasteiger partial charge in [0.1, 0.15) is 11.6 Å². The van der Waals surface area contributed by atoms with E-state index >= 15 is 0 Å². The summed E-state index contributed by atoms with van der Waals surface area (Å²) in [6.45, 7) is 8.27. The fraction of sp³-hybridized carbons (Fsp3) is 0.889. The minimum absolute atomic E-state index is 0.0531. The first-order chi connectivity index (χ1) is 15.0. The fourth-order valence-electron chi connectivity index (χ4n) is 8.81. The van der Waals surface area contributed by atoms with Crippen molar-refractivity contribution in [1.29, 1.82) is 0 Å². The van der Waals surface area contributed by atoms with E-state index in [1.807, 2.05) is 6.92 Å². The first-order valence-electron chi connectivity index (χ1n) is 12.9. The van der Waals surface area contributed by atoms with Crippen molar-refractivity contribution in [2.24, 2.45) is 52.3 Å². The highest BCUT2D eigenvalue weighted by Crippen LogP contribution is 2.67. The van der Waals surface area contributed by atoms with Gasteiger partial charge in [-0.1, -0.05) is 27.7 Å². The lowest BCUT2D eigenvalue weighted by Gasteiger charge is -2.61. The van der Waals surface area contributed by atoms with Crippen LogP contribution >= 0.6 is 0 Å². The normalized spacial score (nSPS) is 45.3. The van der Waals surface area contributed by atoms with Gasteiger partial charge >= 0.3 is 5.97 Å². The minimum Gasteiger partial charge on any atom is -0.481 e. The number of carbonyl (C=O) groups excluding carboxylic acids is 2. The highest BCUT2D eigenvalue weighted by atomic mass is 16.4. The van der Waals surface area contributed by atoms with Crippen LogP contribution in [-0.4, -0.2) is 33.9 Å². The van der Waals surface area contributed by atoms with E-state index in [4.69, 9.17) is 5.11 Å². The predicted octanol–water partition coefficient (Wildman–Crippen LogP) is 4.89. The zero-order chi connectivity index (χ0) is 23.4. The molecule has 2 N–H and O–H groups in total. The SMILES string of the molecule is CC(CCC(=O)[C@@H](C)[C@H]1C(=O)C[C@H]2[C@@H]3CCC4CC(O)CC[C@]4(C)[C@H]3CC[C@]12C)C(=O)O. The van der Waals surface area contributed by atoms with Gasteiger partial charge in [-0.05, 0) is 85.9 Å². The van der Waals surface area contributed by atoms with Crippen LogP contribution in [0.15, 0.2) is 0 Å². The molecule has 0 heterocycles. The van der Waals surface area contributed by atoms with E-state index in [2.05, 4.69) is 13.8 Å². The summed E-state index contributed by atoms with van der Waals surface area (Å²) in [5.41, 5.74) is 0.155. The maximum Gasteiger partial charge on any atom is 0.306 e. The summed E-state index contributed by atoms with van der Waals surface area (Å²) in [7, 11) is 0. The average molecular weight is 447 g/mol. The Labute approximate surface area is 192 Å². The van der Waals surface area contributed by atoms with Crippen molar-refractivity contribution in [2.75, 3.05) is 0 Å². The molecule has 0 bridgehead atoms. The van der Waals surface area contributed by atoms with E-state index in [-0.39, 0.29) is 46.8 Å². The topological polar surface area (TPSA) is 91.7 Å². The van der Waals surface area contributed by atoms with E-state index in [0.29, 0.717) is 36.5 Å². The zero-order valence-corrected chi connectivity index (χ0v) is 20.3. The van der Waals surface area contributed by atoms with Crippen LogP contribution in [-0.2, 0) is 14.4 Å². The summed E-state index contributed by atoms with van der Waals surface area (Å²) in [6, 6.07) is 0. The van der Waals surface area contributed by atoms with Gasteiger partial charge < -0.3 is 10.2 Å². The fourth-order valence-corrected chi connectivity index (χ4v) is 8.81. The van der Waals surface area contributed by atoms with E-state index < -0.39 is 11.9 Å². The summed E-state index contributed by atoms with van der Waals surface area (Å²) in [6.07, 6.45) is 8.41. The van der Waals surface area contributed by atoms with Crippen molar-refractivity contribution in [3.05, 3.63) is 0 Å². The summed E-state index contributed by atoms with van der Waals surface area (Å²) in [5.74, 6) is 0.495. The molecule has 0 aromatic heterocycles. The Balaban J connectivity index is 1.51. The van der Waals surface area contributed by atoms with Crippen LogP contribution in [0.5, 0.6) is 0 Å². The Morgan fingerprint density at radius 1 is 1.03 bits per heavy atom. The minimum atomic E-state index is -0.868. The molecule has 0 aromatic carbocycles. The number of hydrogen-bond donors (Lipinski definition) is 2. The molecule has 5 heteroatoms. The Hall–Kier alpha value is -1.23. The third-order valence-corrected chi connectivity index (χ3v) is 10.8. The zero-order valence-electron chi connectivity index (χ0n) is 20.3. The summed E-state index contributed by atoms with van der Waals surface area (Å²) in [5, 5.41) is 19.4. The molecular weight excluding hydrogens is 404 g/mol. The predicted molar refractivity (Wildman–Crippen MR) is 122 cm³/mol. The average Bonchev–Trinajstić information content (AvgIpc) is 3.01. The molecule has 10 atom stereocenters. The molecule has 0 aromatic rings. The number of rotatable bonds is 6. The molecule has 0 aliphatic heterocycles. The lowest BCUT2D eigenvalue weighted by atomic mass is 9.44. The van der Waals surface area contributed by atoms with Gasteiger partial charge in [-0.15, -0.1) is 0 Å². The third kappa shape index (κ3) is 3.76. The van der Waals surface area contributed by atoms with Crippen molar-refractivity contribution < 1.29 is 24.6 Å². The number of aliphatic carboxylic acids is 1. The van der Waals surface area contributed by atoms with Gasteiger partial charge in [0.05, 0.1) is 12.0 Å². The van der Waals surface area contributed by atoms with E-state index in [9.17, 15) is 19.5 Å². The number of carbonyl (C=O) groups is 3. The molecule has 4 fully saturated rings. The highest BCUT2D eigenvalue weighted by molar-refractivity contribution is 5.92. The van der Waals surface area contributed by atoms with Crippen LogP contribution in [0, 0.1) is 52.3 Å². The quantitative estimate of drug-likeness (QED) is 0.606. The van der Waals surface area contributed by atoms with Crippen molar-refractivity contribution in [3.8, 4) is 0 Å². The molecule has 0 amide bonds. The number of fused-ring (bicyclic) bond motifs is 5. The Morgan fingerprint density at radius 3 is 2.41 bits per heavy atom. The maximum atomic E-state index is 13.3. The van der Waals surface area contributed by atoms with Gasteiger partial charge in [-0.25, -0.2) is 0 Å². The van der Waals surface area contributed by atoms with Crippen LogP contribution in [0.25, 0.3) is 0 Å². The molecule has 0 radical (unpaired) electrons. The molecule has 4 aliphatic rings. The number of carboxylic acid groups (broad SMARTS) is 1. The Bertz CT molecular complexity index is 776. The lowest BCUT2D eigenvalue weighted by molar-refractivity contribution is -0.142. The van der Waals surface area contributed by atoms with Crippen LogP contribution in [0.1, 0.15) is 91.9 Å². The first-order valence-corrected chi connectivity index (χ1v) is 12.9. The highest BCUT2D eigenvalue weighted by Gasteiger charge is 2.63. The Morgan fingerprint density at radius 2 is 1.72 bits per heavy atom. The second-order valence-electron chi connectivity index (χ2n) is 12.3. The molecule has 0 spiro atoms. The van der Waals surface area contributed by atoms with Crippen molar-refractivity contribution in [2.45, 2.75) is 98.0 Å². The largest absolute Gasteiger partial charge is 0.481 e. The monoisotopic (exact) mass is 446 g/mol. The van der Waals surface area contributed by atoms with Gasteiger partial charge in [0.2, 0.25) is 0 Å². The van der Waals surface area contributed by atoms with Crippen LogP contribution < -0.4 is 0 Å². The lowest BCUT2D eigenvalue weighted by Crippen LogP contribution is -2.54. The number of Topliss-reactive ketones (excluding diaryl/α,β-unsaturated/α-hetero) is 2. The maximum absolute atomic E-state index is 13.3. The number of carboxylic acids is 1. The number of hydrogen-bond acceptors (Lipinski definition) is 4. The first kappa shape index (κ1) is 23.9. The number of aliphatic hydroxyl groups is 1. The molecule has 3 unspecified atom stereocenters. The van der Waals surface area contributed by atoms with E-state index in [1.165, 1.54) is 0 Å².